The van der Waals surface area contributed by atoms with Crippen molar-refractivity contribution in [3.63, 3.8) is 0 Å². The molecular weight excluding hydrogens is 346 g/mol. The molecule has 136 valence electrons. The van der Waals surface area contributed by atoms with Gasteiger partial charge in [-0.15, -0.1) is 0 Å². The van der Waals surface area contributed by atoms with Gasteiger partial charge in [0.25, 0.3) is 0 Å². The summed E-state index contributed by atoms with van der Waals surface area (Å²) in [6.45, 7) is 0. The molecule has 0 aliphatic heterocycles. The van der Waals surface area contributed by atoms with Crippen molar-refractivity contribution in [2.75, 3.05) is 19.0 Å². The molecule has 3 heteroatoms. The Kier molecular flexibility index (Phi) is 3.69. The lowest BCUT2D eigenvalue weighted by atomic mass is 9.95. The highest BCUT2D eigenvalue weighted by molar-refractivity contribution is 6.15. The molecule has 5 aromatic rings. The average molecular weight is 365 g/mol. The first kappa shape index (κ1) is 16.6. The maximum atomic E-state index is 12.7. The first-order valence-corrected chi connectivity index (χ1v) is 9.28. The fraction of sp³-hybridized carbons (Fsp3) is 0.0800. The fourth-order valence-electron chi connectivity index (χ4n) is 3.87. The molecule has 0 aliphatic rings. The van der Waals surface area contributed by atoms with Crippen molar-refractivity contribution in [1.29, 1.82) is 0 Å². The SMILES string of the molecule is CN(C)c1ccc2c(-c3ccccc3)c3ccc4cccc(=O)c4c3oc2c1. The quantitative estimate of drug-likeness (QED) is 0.291. The number of benzene rings is 4. The van der Waals surface area contributed by atoms with Gasteiger partial charge in [-0.2, -0.15) is 0 Å². The van der Waals surface area contributed by atoms with Gasteiger partial charge in [-0.25, -0.2) is 0 Å². The van der Waals surface area contributed by atoms with E-state index in [0.29, 0.717) is 11.0 Å². The lowest BCUT2D eigenvalue weighted by molar-refractivity contribution is 0.664. The zero-order valence-corrected chi connectivity index (χ0v) is 15.8. The normalized spacial score (nSPS) is 11.4. The highest BCUT2D eigenvalue weighted by Gasteiger charge is 2.16. The molecule has 0 radical (unpaired) electrons. The van der Waals surface area contributed by atoms with Crippen molar-refractivity contribution in [3.05, 3.63) is 89.1 Å². The van der Waals surface area contributed by atoms with Crippen LogP contribution in [-0.2, 0) is 0 Å². The lowest BCUT2D eigenvalue weighted by Gasteiger charge is -2.16. The van der Waals surface area contributed by atoms with Crippen molar-refractivity contribution >= 4 is 38.4 Å². The van der Waals surface area contributed by atoms with Gasteiger partial charge in [0, 0.05) is 42.2 Å². The van der Waals surface area contributed by atoms with Crippen LogP contribution in [0.15, 0.2) is 88.1 Å². The Labute approximate surface area is 162 Å². The predicted octanol–water partition coefficient (Wildman–Crippen LogP) is 5.83. The molecule has 5 rings (SSSR count). The van der Waals surface area contributed by atoms with Crippen molar-refractivity contribution in [2.24, 2.45) is 0 Å². The standard InChI is InChI=1S/C25H19NO2/c1-26(2)18-12-14-19-22(15-18)28-25-20(23(19)16-7-4-3-5-8-16)13-11-17-9-6-10-21(27)24(17)25/h3-15H,1-2H3. The van der Waals surface area contributed by atoms with Gasteiger partial charge in [-0.3, -0.25) is 4.79 Å². The Hall–Kier alpha value is -3.59. The van der Waals surface area contributed by atoms with E-state index in [4.69, 9.17) is 4.42 Å². The Morgan fingerprint density at radius 3 is 2.36 bits per heavy atom. The van der Waals surface area contributed by atoms with Gasteiger partial charge in [-0.05, 0) is 35.2 Å². The van der Waals surface area contributed by atoms with Crippen LogP contribution < -0.4 is 10.3 Å². The lowest BCUT2D eigenvalue weighted by Crippen LogP contribution is -2.08. The van der Waals surface area contributed by atoms with Gasteiger partial charge in [0.2, 0.25) is 0 Å². The van der Waals surface area contributed by atoms with Crippen molar-refractivity contribution in [1.82, 2.24) is 0 Å². The Morgan fingerprint density at radius 1 is 0.786 bits per heavy atom. The van der Waals surface area contributed by atoms with Gasteiger partial charge >= 0.3 is 0 Å². The molecule has 4 aromatic carbocycles. The molecule has 0 bridgehead atoms. The zero-order valence-electron chi connectivity index (χ0n) is 15.8. The summed E-state index contributed by atoms with van der Waals surface area (Å²) in [5.41, 5.74) is 4.64. The second-order valence-electron chi connectivity index (χ2n) is 7.21. The highest BCUT2D eigenvalue weighted by Crippen LogP contribution is 2.39. The monoisotopic (exact) mass is 365 g/mol. The van der Waals surface area contributed by atoms with Crippen molar-refractivity contribution < 1.29 is 4.42 Å². The summed E-state index contributed by atoms with van der Waals surface area (Å²) in [4.78, 5) is 14.7. The molecule has 1 aromatic heterocycles. The third-order valence-corrected chi connectivity index (χ3v) is 5.25. The summed E-state index contributed by atoms with van der Waals surface area (Å²) in [6.07, 6.45) is 0. The molecule has 0 fully saturated rings. The fourth-order valence-corrected chi connectivity index (χ4v) is 3.87. The Morgan fingerprint density at radius 2 is 1.57 bits per heavy atom. The topological polar surface area (TPSA) is 33.5 Å². The van der Waals surface area contributed by atoms with Crippen LogP contribution in [0.2, 0.25) is 0 Å². The molecule has 3 nitrogen and oxygen atoms in total. The van der Waals surface area contributed by atoms with E-state index in [-0.39, 0.29) is 5.43 Å². The highest BCUT2D eigenvalue weighted by atomic mass is 16.3. The number of nitrogens with zero attached hydrogens (tertiary/aromatic N) is 1. The second kappa shape index (κ2) is 6.24. The first-order chi connectivity index (χ1) is 13.6. The van der Waals surface area contributed by atoms with Crippen LogP contribution in [0.3, 0.4) is 0 Å². The maximum Gasteiger partial charge on any atom is 0.190 e. The second-order valence-corrected chi connectivity index (χ2v) is 7.21. The predicted molar refractivity (Wildman–Crippen MR) is 117 cm³/mol. The summed E-state index contributed by atoms with van der Waals surface area (Å²) >= 11 is 0. The molecule has 0 unspecified atom stereocenters. The molecule has 0 aliphatic carbocycles. The first-order valence-electron chi connectivity index (χ1n) is 9.28. The van der Waals surface area contributed by atoms with Gasteiger partial charge in [0.1, 0.15) is 11.2 Å². The van der Waals surface area contributed by atoms with Crippen LogP contribution in [0.4, 0.5) is 5.69 Å². The molecule has 0 atom stereocenters. The van der Waals surface area contributed by atoms with Gasteiger partial charge < -0.3 is 9.32 Å². The Balaban J connectivity index is 2.03. The molecule has 1 heterocycles. The number of hydrogen-bond donors (Lipinski definition) is 0. The van der Waals surface area contributed by atoms with E-state index in [1.807, 2.05) is 55.4 Å². The van der Waals surface area contributed by atoms with Crippen LogP contribution in [-0.4, -0.2) is 14.1 Å². The largest absolute Gasteiger partial charge is 0.455 e. The number of anilines is 1. The van der Waals surface area contributed by atoms with Crippen LogP contribution in [0.5, 0.6) is 0 Å². The number of hydrogen-bond acceptors (Lipinski definition) is 3. The smallest absolute Gasteiger partial charge is 0.190 e. The minimum absolute atomic E-state index is 0.0195. The maximum absolute atomic E-state index is 12.7. The van der Waals surface area contributed by atoms with Gasteiger partial charge in [0.05, 0.1) is 5.39 Å². The zero-order chi connectivity index (χ0) is 19.3. The third kappa shape index (κ3) is 2.48. The average Bonchev–Trinajstić information content (AvgIpc) is 2.72. The van der Waals surface area contributed by atoms with Crippen LogP contribution in [0, 0.1) is 0 Å². The van der Waals surface area contributed by atoms with E-state index in [1.165, 1.54) is 0 Å². The van der Waals surface area contributed by atoms with Gasteiger partial charge in [-0.1, -0.05) is 48.5 Å². The molecule has 0 saturated carbocycles. The molecular formula is C25H19NO2. The van der Waals surface area contributed by atoms with E-state index < -0.39 is 0 Å². The van der Waals surface area contributed by atoms with Crippen LogP contribution in [0.1, 0.15) is 0 Å². The molecule has 0 saturated heterocycles. The third-order valence-electron chi connectivity index (χ3n) is 5.25. The molecule has 28 heavy (non-hydrogen) atoms. The minimum atomic E-state index is -0.0195. The molecule has 0 spiro atoms. The summed E-state index contributed by atoms with van der Waals surface area (Å²) in [5, 5.41) is 3.51. The van der Waals surface area contributed by atoms with E-state index >= 15 is 0 Å². The number of fused-ring (bicyclic) bond motifs is 4. The summed E-state index contributed by atoms with van der Waals surface area (Å²) < 4.78 is 6.37. The van der Waals surface area contributed by atoms with Crippen LogP contribution >= 0.6 is 0 Å². The van der Waals surface area contributed by atoms with Gasteiger partial charge in [0.15, 0.2) is 5.43 Å². The van der Waals surface area contributed by atoms with E-state index in [2.05, 4.69) is 30.3 Å². The van der Waals surface area contributed by atoms with Crippen molar-refractivity contribution in [3.8, 4) is 11.1 Å². The van der Waals surface area contributed by atoms with E-state index in [9.17, 15) is 4.79 Å². The molecule has 0 N–H and O–H groups in total. The summed E-state index contributed by atoms with van der Waals surface area (Å²) in [6, 6.07) is 25.9. The minimum Gasteiger partial charge on any atom is -0.455 e. The molecule has 0 amide bonds. The number of rotatable bonds is 2. The van der Waals surface area contributed by atoms with E-state index in [0.717, 1.165) is 38.6 Å². The summed E-state index contributed by atoms with van der Waals surface area (Å²) in [5.74, 6) is 0. The van der Waals surface area contributed by atoms with Crippen LogP contribution in [0.25, 0.3) is 43.8 Å². The van der Waals surface area contributed by atoms with E-state index in [1.54, 1.807) is 12.1 Å². The van der Waals surface area contributed by atoms with Crippen molar-refractivity contribution in [2.45, 2.75) is 0 Å². The summed E-state index contributed by atoms with van der Waals surface area (Å²) in [7, 11) is 4.01. The Bertz CT molecular complexity index is 1400.